The molecular formula is C15H17BrN2O3. The molecule has 0 radical (unpaired) electrons. The van der Waals surface area contributed by atoms with Crippen molar-refractivity contribution in [3.05, 3.63) is 34.4 Å². The van der Waals surface area contributed by atoms with Crippen molar-refractivity contribution in [3.63, 3.8) is 0 Å². The largest absolute Gasteiger partial charge is 0.481 e. The molecule has 112 valence electrons. The van der Waals surface area contributed by atoms with Gasteiger partial charge in [0, 0.05) is 27.1 Å². The Morgan fingerprint density at radius 2 is 2.05 bits per heavy atom. The minimum absolute atomic E-state index is 0.0825. The summed E-state index contributed by atoms with van der Waals surface area (Å²) in [5, 5.41) is 12.5. The number of hydrogen-bond acceptors (Lipinski definition) is 2. The normalized spacial score (nSPS) is 12.3. The molecule has 0 saturated carbocycles. The van der Waals surface area contributed by atoms with Crippen molar-refractivity contribution in [3.8, 4) is 0 Å². The van der Waals surface area contributed by atoms with Crippen LogP contribution >= 0.6 is 15.9 Å². The van der Waals surface area contributed by atoms with Crippen LogP contribution in [0.5, 0.6) is 0 Å². The average Bonchev–Trinajstić information content (AvgIpc) is 2.63. The van der Waals surface area contributed by atoms with Crippen LogP contribution in [0.3, 0.4) is 0 Å². The maximum absolute atomic E-state index is 12.1. The highest BCUT2D eigenvalue weighted by Crippen LogP contribution is 2.30. The number of benzene rings is 1. The molecule has 1 unspecified atom stereocenters. The average molecular weight is 353 g/mol. The zero-order valence-electron chi connectivity index (χ0n) is 11.9. The van der Waals surface area contributed by atoms with Crippen LogP contribution in [0.25, 0.3) is 10.9 Å². The summed E-state index contributed by atoms with van der Waals surface area (Å²) in [4.78, 5) is 22.7. The Labute approximate surface area is 131 Å². The Morgan fingerprint density at radius 1 is 1.38 bits per heavy atom. The van der Waals surface area contributed by atoms with Gasteiger partial charge in [0.15, 0.2) is 0 Å². The van der Waals surface area contributed by atoms with Crippen molar-refractivity contribution in [1.82, 2.24) is 9.88 Å². The molecule has 0 bridgehead atoms. The van der Waals surface area contributed by atoms with Gasteiger partial charge in [-0.3, -0.25) is 9.59 Å². The fourth-order valence-electron chi connectivity index (χ4n) is 2.37. The van der Waals surface area contributed by atoms with Gasteiger partial charge >= 0.3 is 5.97 Å². The maximum Gasteiger partial charge on any atom is 0.305 e. The van der Waals surface area contributed by atoms with Gasteiger partial charge in [0.25, 0.3) is 0 Å². The van der Waals surface area contributed by atoms with Gasteiger partial charge in [-0.15, -0.1) is 0 Å². The Morgan fingerprint density at radius 3 is 2.71 bits per heavy atom. The van der Waals surface area contributed by atoms with Crippen LogP contribution in [-0.4, -0.2) is 27.6 Å². The van der Waals surface area contributed by atoms with E-state index in [1.54, 1.807) is 6.92 Å². The third-order valence-corrected chi connectivity index (χ3v) is 4.34. The number of halogens is 1. The van der Waals surface area contributed by atoms with Crippen molar-refractivity contribution >= 4 is 38.7 Å². The summed E-state index contributed by atoms with van der Waals surface area (Å²) in [6, 6.07) is 7.44. The number of carbonyl (C=O) groups excluding carboxylic acids is 1. The van der Waals surface area contributed by atoms with Crippen LogP contribution in [-0.2, 0) is 16.1 Å². The fourth-order valence-corrected chi connectivity index (χ4v) is 2.92. The number of aromatic nitrogens is 1. The van der Waals surface area contributed by atoms with Crippen LogP contribution in [0.1, 0.15) is 19.0 Å². The quantitative estimate of drug-likeness (QED) is 0.868. The number of hydrogen-bond donors (Lipinski definition) is 2. The molecule has 0 aliphatic carbocycles. The highest BCUT2D eigenvalue weighted by Gasteiger charge is 2.16. The van der Waals surface area contributed by atoms with E-state index in [0.717, 1.165) is 21.1 Å². The number of carboxylic acids is 1. The van der Waals surface area contributed by atoms with Gasteiger partial charge in [0.2, 0.25) is 5.91 Å². The molecule has 0 saturated heterocycles. The van der Waals surface area contributed by atoms with E-state index in [0.29, 0.717) is 0 Å². The summed E-state index contributed by atoms with van der Waals surface area (Å²) in [6.45, 7) is 3.79. The molecule has 2 N–H and O–H groups in total. The number of para-hydroxylation sites is 1. The standard InChI is InChI=1S/C15H17BrN2O3/c1-9(7-14(20)21)17-13(19)8-18-10(2)15(16)11-5-3-4-6-12(11)18/h3-6,9H,7-8H2,1-2H3,(H,17,19)(H,20,21). The van der Waals surface area contributed by atoms with Crippen molar-refractivity contribution in [2.24, 2.45) is 0 Å². The molecule has 1 aromatic carbocycles. The molecule has 0 fully saturated rings. The predicted molar refractivity (Wildman–Crippen MR) is 84.2 cm³/mol. The van der Waals surface area contributed by atoms with Crippen LogP contribution in [0, 0.1) is 6.92 Å². The van der Waals surface area contributed by atoms with E-state index in [9.17, 15) is 9.59 Å². The number of fused-ring (bicyclic) bond motifs is 1. The molecular weight excluding hydrogens is 336 g/mol. The van der Waals surface area contributed by atoms with E-state index in [-0.39, 0.29) is 24.9 Å². The molecule has 6 heteroatoms. The zero-order chi connectivity index (χ0) is 15.6. The van der Waals surface area contributed by atoms with E-state index in [2.05, 4.69) is 21.2 Å². The van der Waals surface area contributed by atoms with Crippen LogP contribution < -0.4 is 5.32 Å². The smallest absolute Gasteiger partial charge is 0.305 e. The summed E-state index contributed by atoms with van der Waals surface area (Å²) < 4.78 is 2.90. The lowest BCUT2D eigenvalue weighted by Gasteiger charge is -2.13. The van der Waals surface area contributed by atoms with Crippen molar-refractivity contribution in [2.45, 2.75) is 32.9 Å². The minimum Gasteiger partial charge on any atom is -0.481 e. The monoisotopic (exact) mass is 352 g/mol. The molecule has 2 aromatic rings. The maximum atomic E-state index is 12.1. The molecule has 0 spiro atoms. The van der Waals surface area contributed by atoms with E-state index >= 15 is 0 Å². The summed E-state index contributed by atoms with van der Waals surface area (Å²) in [5.41, 5.74) is 1.94. The highest BCUT2D eigenvalue weighted by molar-refractivity contribution is 9.10. The van der Waals surface area contributed by atoms with Gasteiger partial charge in [0.1, 0.15) is 6.54 Å². The zero-order valence-corrected chi connectivity index (χ0v) is 13.5. The van der Waals surface area contributed by atoms with Crippen LogP contribution in [0.2, 0.25) is 0 Å². The highest BCUT2D eigenvalue weighted by atomic mass is 79.9. The molecule has 1 amide bonds. The second-order valence-electron chi connectivity index (χ2n) is 5.07. The molecule has 1 atom stereocenters. The van der Waals surface area contributed by atoms with Crippen LogP contribution in [0.4, 0.5) is 0 Å². The topological polar surface area (TPSA) is 71.3 Å². The third-order valence-electron chi connectivity index (χ3n) is 3.34. The lowest BCUT2D eigenvalue weighted by atomic mass is 10.2. The summed E-state index contributed by atoms with van der Waals surface area (Å²) >= 11 is 3.54. The van der Waals surface area contributed by atoms with Crippen molar-refractivity contribution in [2.75, 3.05) is 0 Å². The van der Waals surface area contributed by atoms with E-state index in [1.165, 1.54) is 0 Å². The number of aliphatic carboxylic acids is 1. The number of carbonyl (C=O) groups is 2. The molecule has 0 aliphatic rings. The Bertz CT molecular complexity index is 694. The molecule has 1 aromatic heterocycles. The van der Waals surface area contributed by atoms with E-state index in [1.807, 2.05) is 35.8 Å². The minimum atomic E-state index is -0.923. The van der Waals surface area contributed by atoms with Crippen molar-refractivity contribution < 1.29 is 14.7 Å². The first kappa shape index (κ1) is 15.6. The lowest BCUT2D eigenvalue weighted by molar-refractivity contribution is -0.137. The Hall–Kier alpha value is -1.82. The molecule has 0 aliphatic heterocycles. The Kier molecular flexibility index (Phi) is 4.67. The van der Waals surface area contributed by atoms with E-state index < -0.39 is 5.97 Å². The first-order valence-electron chi connectivity index (χ1n) is 6.64. The number of nitrogens with one attached hydrogen (secondary N) is 1. The third kappa shape index (κ3) is 3.44. The van der Waals surface area contributed by atoms with Crippen molar-refractivity contribution in [1.29, 1.82) is 0 Å². The summed E-state index contributed by atoms with van der Waals surface area (Å²) in [5.74, 6) is -1.12. The number of rotatable bonds is 5. The number of nitrogens with zero attached hydrogens (tertiary/aromatic N) is 1. The SMILES string of the molecule is Cc1c(Br)c2ccccc2n1CC(=O)NC(C)CC(=O)O. The first-order chi connectivity index (χ1) is 9.90. The molecule has 5 nitrogen and oxygen atoms in total. The van der Waals surface area contributed by atoms with Gasteiger partial charge in [-0.05, 0) is 35.8 Å². The first-order valence-corrected chi connectivity index (χ1v) is 7.44. The lowest BCUT2D eigenvalue weighted by Crippen LogP contribution is -2.36. The Balaban J connectivity index is 2.18. The predicted octanol–water partition coefficient (Wildman–Crippen LogP) is 2.69. The van der Waals surface area contributed by atoms with Gasteiger partial charge in [-0.2, -0.15) is 0 Å². The van der Waals surface area contributed by atoms with Gasteiger partial charge < -0.3 is 15.0 Å². The molecule has 2 rings (SSSR count). The van der Waals surface area contributed by atoms with Gasteiger partial charge in [-0.1, -0.05) is 18.2 Å². The van der Waals surface area contributed by atoms with E-state index in [4.69, 9.17) is 5.11 Å². The molecule has 1 heterocycles. The van der Waals surface area contributed by atoms with Gasteiger partial charge in [-0.25, -0.2) is 0 Å². The fraction of sp³-hybridized carbons (Fsp3) is 0.333. The van der Waals surface area contributed by atoms with Crippen LogP contribution in [0.15, 0.2) is 28.7 Å². The number of amides is 1. The summed E-state index contributed by atoms with van der Waals surface area (Å²) in [7, 11) is 0. The second-order valence-corrected chi connectivity index (χ2v) is 5.86. The van der Waals surface area contributed by atoms with Gasteiger partial charge in [0.05, 0.1) is 6.42 Å². The number of carboxylic acid groups (broad SMARTS) is 1. The second kappa shape index (κ2) is 6.30. The summed E-state index contributed by atoms with van der Waals surface area (Å²) in [6.07, 6.45) is -0.0825. The molecule has 21 heavy (non-hydrogen) atoms.